The van der Waals surface area contributed by atoms with Gasteiger partial charge in [0.1, 0.15) is 5.75 Å². The number of hydrogen-bond donors (Lipinski definition) is 2. The number of para-hydroxylation sites is 2. The van der Waals surface area contributed by atoms with Gasteiger partial charge in [-0.1, -0.05) is 41.9 Å². The number of piperazine rings is 1. The van der Waals surface area contributed by atoms with Gasteiger partial charge in [-0.25, -0.2) is 0 Å². The summed E-state index contributed by atoms with van der Waals surface area (Å²) in [6, 6.07) is 17.2. The number of amides is 2. The van der Waals surface area contributed by atoms with Crippen LogP contribution in [0.25, 0.3) is 0 Å². The summed E-state index contributed by atoms with van der Waals surface area (Å²) < 4.78 is 5.32. The normalized spacial score (nSPS) is 14.3. The lowest BCUT2D eigenvalue weighted by molar-refractivity contribution is -0.130. The lowest BCUT2D eigenvalue weighted by Gasteiger charge is -2.36. The van der Waals surface area contributed by atoms with Crippen LogP contribution in [0.2, 0.25) is 5.02 Å². The van der Waals surface area contributed by atoms with Crippen LogP contribution in [0.1, 0.15) is 6.42 Å². The molecule has 0 aliphatic carbocycles. The van der Waals surface area contributed by atoms with Gasteiger partial charge in [0.25, 0.3) is 5.91 Å². The highest BCUT2D eigenvalue weighted by Crippen LogP contribution is 2.22. The van der Waals surface area contributed by atoms with Crippen LogP contribution in [-0.4, -0.2) is 56.0 Å². The van der Waals surface area contributed by atoms with Crippen molar-refractivity contribution in [1.29, 1.82) is 0 Å². The van der Waals surface area contributed by atoms with Gasteiger partial charge in [0.05, 0.1) is 5.02 Å². The molecule has 2 N–H and O–H groups in total. The van der Waals surface area contributed by atoms with Gasteiger partial charge in [-0.3, -0.25) is 25.3 Å². The Bertz CT molecular complexity index is 811. The molecular weight excluding hydrogens is 392 g/mol. The first kappa shape index (κ1) is 21.0. The number of halogens is 1. The van der Waals surface area contributed by atoms with E-state index >= 15 is 0 Å². The van der Waals surface area contributed by atoms with E-state index in [1.807, 2.05) is 18.2 Å². The van der Waals surface area contributed by atoms with E-state index in [1.165, 1.54) is 5.69 Å². The van der Waals surface area contributed by atoms with Gasteiger partial charge >= 0.3 is 0 Å². The third kappa shape index (κ3) is 6.66. The summed E-state index contributed by atoms with van der Waals surface area (Å²) >= 11 is 5.96. The first-order valence-electron chi connectivity index (χ1n) is 9.59. The topological polar surface area (TPSA) is 73.9 Å². The lowest BCUT2D eigenvalue weighted by atomic mass is 10.2. The molecule has 1 aliphatic heterocycles. The third-order valence-electron chi connectivity index (χ3n) is 4.69. The Morgan fingerprint density at radius 3 is 2.28 bits per heavy atom. The monoisotopic (exact) mass is 416 g/mol. The predicted molar refractivity (Wildman–Crippen MR) is 113 cm³/mol. The first-order valence-corrected chi connectivity index (χ1v) is 9.97. The van der Waals surface area contributed by atoms with Gasteiger partial charge in [0, 0.05) is 44.8 Å². The zero-order valence-corrected chi connectivity index (χ0v) is 16.9. The molecule has 0 aromatic heterocycles. The zero-order chi connectivity index (χ0) is 20.5. The number of nitrogens with one attached hydrogen (secondary N) is 2. The number of nitrogens with zero attached hydrogens (tertiary/aromatic N) is 2. The van der Waals surface area contributed by atoms with Crippen molar-refractivity contribution in [3.8, 4) is 5.75 Å². The van der Waals surface area contributed by atoms with Crippen LogP contribution >= 0.6 is 11.6 Å². The minimum absolute atomic E-state index is 0.231. The molecule has 1 aliphatic rings. The van der Waals surface area contributed by atoms with E-state index in [9.17, 15) is 9.59 Å². The number of hydrazine groups is 1. The van der Waals surface area contributed by atoms with E-state index < -0.39 is 5.91 Å². The van der Waals surface area contributed by atoms with Crippen molar-refractivity contribution in [3.63, 3.8) is 0 Å². The van der Waals surface area contributed by atoms with Crippen molar-refractivity contribution < 1.29 is 14.3 Å². The van der Waals surface area contributed by atoms with Crippen molar-refractivity contribution in [2.75, 3.05) is 44.2 Å². The third-order valence-corrected chi connectivity index (χ3v) is 5.00. The van der Waals surface area contributed by atoms with E-state index in [0.717, 1.165) is 26.2 Å². The number of benzene rings is 2. The van der Waals surface area contributed by atoms with Crippen molar-refractivity contribution in [2.24, 2.45) is 0 Å². The largest absolute Gasteiger partial charge is 0.482 e. The average Bonchev–Trinajstić information content (AvgIpc) is 2.76. The van der Waals surface area contributed by atoms with Gasteiger partial charge < -0.3 is 9.64 Å². The maximum Gasteiger partial charge on any atom is 0.276 e. The Balaban J connectivity index is 1.29. The molecule has 0 unspecified atom stereocenters. The molecule has 0 saturated carbocycles. The fourth-order valence-electron chi connectivity index (χ4n) is 3.07. The van der Waals surface area contributed by atoms with E-state index in [2.05, 4.69) is 32.8 Å². The van der Waals surface area contributed by atoms with E-state index in [1.54, 1.807) is 24.3 Å². The molecule has 2 aromatic rings. The number of rotatable bonds is 7. The van der Waals surface area contributed by atoms with E-state index in [4.69, 9.17) is 16.3 Å². The number of ether oxygens (including phenoxy) is 1. The smallest absolute Gasteiger partial charge is 0.276 e. The summed E-state index contributed by atoms with van der Waals surface area (Å²) in [6.45, 7) is 4.09. The molecule has 0 spiro atoms. The van der Waals surface area contributed by atoms with Crippen LogP contribution in [0.15, 0.2) is 54.6 Å². The minimum atomic E-state index is -0.449. The van der Waals surface area contributed by atoms with Crippen molar-refractivity contribution in [1.82, 2.24) is 15.8 Å². The highest BCUT2D eigenvalue weighted by Gasteiger charge is 2.17. The number of anilines is 1. The molecule has 2 aromatic carbocycles. The zero-order valence-electron chi connectivity index (χ0n) is 16.1. The Labute approximate surface area is 175 Å². The number of carbonyl (C=O) groups excluding carboxylic acids is 2. The Morgan fingerprint density at radius 1 is 0.897 bits per heavy atom. The van der Waals surface area contributed by atoms with Gasteiger partial charge in [-0.2, -0.15) is 0 Å². The Kier molecular flexibility index (Phi) is 7.72. The van der Waals surface area contributed by atoms with Crippen LogP contribution in [-0.2, 0) is 9.59 Å². The molecule has 0 radical (unpaired) electrons. The quantitative estimate of drug-likeness (QED) is 0.676. The SMILES string of the molecule is O=C(CCN1CCN(c2ccccc2)CC1)NNC(=O)COc1ccccc1Cl. The molecule has 1 heterocycles. The maximum absolute atomic E-state index is 12.0. The molecule has 0 atom stereocenters. The molecule has 0 bridgehead atoms. The summed E-state index contributed by atoms with van der Waals surface area (Å²) in [5, 5.41) is 0.427. The molecule has 3 rings (SSSR count). The van der Waals surface area contributed by atoms with Crippen LogP contribution in [0, 0.1) is 0 Å². The fraction of sp³-hybridized carbons (Fsp3) is 0.333. The lowest BCUT2D eigenvalue weighted by Crippen LogP contribution is -2.48. The summed E-state index contributed by atoms with van der Waals surface area (Å²) in [4.78, 5) is 28.4. The minimum Gasteiger partial charge on any atom is -0.482 e. The average molecular weight is 417 g/mol. The van der Waals surface area contributed by atoms with E-state index in [-0.39, 0.29) is 12.5 Å². The van der Waals surface area contributed by atoms with Crippen molar-refractivity contribution in [3.05, 3.63) is 59.6 Å². The molecule has 29 heavy (non-hydrogen) atoms. The summed E-state index contributed by atoms with van der Waals surface area (Å²) in [5.41, 5.74) is 6.00. The summed E-state index contributed by atoms with van der Waals surface area (Å²) in [6.07, 6.45) is 0.316. The predicted octanol–water partition coefficient (Wildman–Crippen LogP) is 2.08. The summed E-state index contributed by atoms with van der Waals surface area (Å²) in [7, 11) is 0. The maximum atomic E-state index is 12.0. The second kappa shape index (κ2) is 10.7. The summed E-state index contributed by atoms with van der Waals surface area (Å²) in [5.74, 6) is -0.262. The van der Waals surface area contributed by atoms with E-state index in [0.29, 0.717) is 23.7 Å². The fourth-order valence-corrected chi connectivity index (χ4v) is 3.26. The van der Waals surface area contributed by atoms with Crippen LogP contribution < -0.4 is 20.5 Å². The number of hydrogen-bond acceptors (Lipinski definition) is 5. The standard InChI is InChI=1S/C21H25ClN4O3/c22-18-8-4-5-9-19(18)29-16-21(28)24-23-20(27)10-11-25-12-14-26(15-13-25)17-6-2-1-3-7-17/h1-9H,10-16H2,(H,23,27)(H,24,28). The van der Waals surface area contributed by atoms with Gasteiger partial charge in [0.2, 0.25) is 5.91 Å². The molecule has 154 valence electrons. The molecule has 1 fully saturated rings. The van der Waals surface area contributed by atoms with Crippen molar-refractivity contribution >= 4 is 29.1 Å². The van der Waals surface area contributed by atoms with Gasteiger partial charge in [0.15, 0.2) is 6.61 Å². The second-order valence-electron chi connectivity index (χ2n) is 6.73. The second-order valence-corrected chi connectivity index (χ2v) is 7.14. The molecule has 2 amide bonds. The van der Waals surface area contributed by atoms with Crippen LogP contribution in [0.5, 0.6) is 5.75 Å². The van der Waals surface area contributed by atoms with Crippen LogP contribution in [0.3, 0.4) is 0 Å². The Morgan fingerprint density at radius 2 is 1.55 bits per heavy atom. The van der Waals surface area contributed by atoms with Crippen LogP contribution in [0.4, 0.5) is 5.69 Å². The highest BCUT2D eigenvalue weighted by atomic mass is 35.5. The molecular formula is C21H25ClN4O3. The highest BCUT2D eigenvalue weighted by molar-refractivity contribution is 6.32. The molecule has 7 nitrogen and oxygen atoms in total. The number of carbonyl (C=O) groups is 2. The van der Waals surface area contributed by atoms with Gasteiger partial charge in [-0.05, 0) is 24.3 Å². The Hall–Kier alpha value is -2.77. The first-order chi connectivity index (χ1) is 14.1. The molecule has 1 saturated heterocycles. The van der Waals surface area contributed by atoms with Crippen molar-refractivity contribution in [2.45, 2.75) is 6.42 Å². The molecule has 8 heteroatoms. The van der Waals surface area contributed by atoms with Gasteiger partial charge in [-0.15, -0.1) is 0 Å².